The molecule has 5 rings (SSSR count). The summed E-state index contributed by atoms with van der Waals surface area (Å²) in [7, 11) is -2.94. The first kappa shape index (κ1) is 5.82. The fourth-order valence-electron chi connectivity index (χ4n) is 4.26. The third kappa shape index (κ3) is 1.27. The lowest BCUT2D eigenvalue weighted by Gasteiger charge is -2.57. The molecular weight excluding hydrogens is 278 g/mol. The van der Waals surface area contributed by atoms with E-state index in [4.69, 9.17) is 24.6 Å². The van der Waals surface area contributed by atoms with Crippen LogP contribution in [0.25, 0.3) is 0 Å². The minimum Gasteiger partial charge on any atom is -0.493 e. The molecular formula is C18H21NO3. The second kappa shape index (κ2) is 4.05. The van der Waals surface area contributed by atoms with Crippen molar-refractivity contribution < 1.29 is 30.7 Å². The summed E-state index contributed by atoms with van der Waals surface area (Å²) < 4.78 is 110. The highest BCUT2D eigenvalue weighted by Crippen LogP contribution is 2.62. The molecule has 0 aromatic heterocycles. The molecule has 0 N–H and O–H groups in total. The van der Waals surface area contributed by atoms with Crippen LogP contribution in [0.4, 0.5) is 0 Å². The molecule has 0 radical (unpaired) electrons. The molecule has 2 fully saturated rings. The maximum absolute atomic E-state index is 13.3. The van der Waals surface area contributed by atoms with E-state index in [1.807, 2.05) is 0 Å². The van der Waals surface area contributed by atoms with Gasteiger partial charge in [-0.05, 0) is 50.3 Å². The average molecular weight is 311 g/mol. The summed E-state index contributed by atoms with van der Waals surface area (Å²) in [5.74, 6) is -3.45. The molecule has 2 bridgehead atoms. The quantitative estimate of drug-likeness (QED) is 0.794. The number of ether oxygens (including phenoxy) is 2. The van der Waals surface area contributed by atoms with Crippen molar-refractivity contribution in [2.45, 2.75) is 43.1 Å². The first-order valence-electron chi connectivity index (χ1n) is 13.1. The second-order valence-corrected chi connectivity index (χ2v) is 5.99. The summed E-state index contributed by atoms with van der Waals surface area (Å²) in [6.07, 6.45) is -9.03. The number of rotatable bonds is 1. The van der Waals surface area contributed by atoms with Crippen LogP contribution in [0.5, 0.6) is 11.5 Å². The molecule has 4 nitrogen and oxygen atoms in total. The Hall–Kier alpha value is -1.55. The summed E-state index contributed by atoms with van der Waals surface area (Å²) in [5, 5.41) is 0. The van der Waals surface area contributed by atoms with Crippen LogP contribution in [0.1, 0.15) is 46.8 Å². The van der Waals surface area contributed by atoms with Crippen LogP contribution in [0, 0.1) is 5.92 Å². The smallest absolute Gasteiger partial charge is 0.174 e. The van der Waals surface area contributed by atoms with E-state index in [9.17, 15) is 6.17 Å². The predicted molar refractivity (Wildman–Crippen MR) is 81.6 cm³/mol. The van der Waals surface area contributed by atoms with Gasteiger partial charge in [0.1, 0.15) is 0 Å². The normalized spacial score (nSPS) is 58.9. The van der Waals surface area contributed by atoms with Crippen molar-refractivity contribution in [1.82, 2.24) is 4.90 Å². The zero-order valence-electron chi connectivity index (χ0n) is 23.5. The highest BCUT2D eigenvalue weighted by molar-refractivity contribution is 5.89. The van der Waals surface area contributed by atoms with Crippen LogP contribution >= 0.6 is 0 Å². The van der Waals surface area contributed by atoms with Gasteiger partial charge in [-0.2, -0.15) is 0 Å². The van der Waals surface area contributed by atoms with Crippen molar-refractivity contribution in [3.63, 3.8) is 0 Å². The Kier molecular flexibility index (Phi) is 1.07. The van der Waals surface area contributed by atoms with Crippen LogP contribution in [-0.2, 0) is 16.6 Å². The molecule has 22 heavy (non-hydrogen) atoms. The number of likely N-dealkylation sites (N-methyl/N-ethyl adjacent to an activating group) is 1. The number of nitrogens with zero attached hydrogens (tertiary/aromatic N) is 1. The van der Waals surface area contributed by atoms with Gasteiger partial charge in [-0.3, -0.25) is 4.79 Å². The molecule has 116 valence electrons. The summed E-state index contributed by atoms with van der Waals surface area (Å²) in [5.41, 5.74) is -2.00. The number of hydrogen-bond donors (Lipinski definition) is 0. The van der Waals surface area contributed by atoms with Crippen molar-refractivity contribution >= 4 is 5.78 Å². The van der Waals surface area contributed by atoms with Gasteiger partial charge in [0.2, 0.25) is 0 Å². The molecule has 4 atom stereocenters. The van der Waals surface area contributed by atoms with Crippen molar-refractivity contribution in [3.8, 4) is 11.5 Å². The van der Waals surface area contributed by atoms with Gasteiger partial charge in [-0.15, -0.1) is 0 Å². The lowest BCUT2D eigenvalue weighted by Crippen LogP contribution is -2.65. The van der Waals surface area contributed by atoms with Crippen molar-refractivity contribution in [2.75, 3.05) is 20.6 Å². The largest absolute Gasteiger partial charge is 0.493 e. The van der Waals surface area contributed by atoms with E-state index < -0.39 is 62.4 Å². The summed E-state index contributed by atoms with van der Waals surface area (Å²) in [4.78, 5) is 14.0. The minimum absolute atomic E-state index is 0.0174. The topological polar surface area (TPSA) is 38.8 Å². The third-order valence-corrected chi connectivity index (χ3v) is 5.17. The number of methoxy groups -OCH3 is 1. The van der Waals surface area contributed by atoms with E-state index in [-0.39, 0.29) is 35.6 Å². The number of carbonyl (C=O) groups excluding carboxylic acids is 1. The highest BCUT2D eigenvalue weighted by Gasteiger charge is 2.65. The number of ketones is 1. The Morgan fingerprint density at radius 2 is 2.55 bits per heavy atom. The van der Waals surface area contributed by atoms with Gasteiger partial charge in [-0.25, -0.2) is 0 Å². The number of likely N-dealkylation sites (tertiary alicyclic amines) is 1. The van der Waals surface area contributed by atoms with Crippen molar-refractivity contribution in [3.05, 3.63) is 23.3 Å². The third-order valence-electron chi connectivity index (χ3n) is 5.17. The van der Waals surface area contributed by atoms with E-state index in [2.05, 4.69) is 0 Å². The molecule has 1 saturated heterocycles. The van der Waals surface area contributed by atoms with Crippen LogP contribution in [0.2, 0.25) is 0 Å². The number of piperidine rings is 1. The molecule has 0 amide bonds. The maximum atomic E-state index is 13.3. The van der Waals surface area contributed by atoms with Gasteiger partial charge >= 0.3 is 0 Å². The van der Waals surface area contributed by atoms with Gasteiger partial charge in [-0.1, -0.05) is 6.07 Å². The standard InChI is InChI=1S/C18H21NO3/c1-19-8-7-18-11-4-5-13(20)17(18)22-16-14(21-2)6-3-10(15(16)18)9-12(11)19/h3,6,11-12,17H,4-5,7-9H2,1-2H3/t11-,12+,17?,18-/m0/s1/i1D3,2D3,5D2,9D2,12D,17D. The van der Waals surface area contributed by atoms with E-state index in [0.717, 1.165) is 6.07 Å². The lowest BCUT2D eigenvalue weighted by atomic mass is 9.52. The fourth-order valence-corrected chi connectivity index (χ4v) is 4.26. The Morgan fingerprint density at radius 3 is 3.41 bits per heavy atom. The van der Waals surface area contributed by atoms with Crippen molar-refractivity contribution in [2.24, 2.45) is 5.92 Å². The first-order valence-corrected chi connectivity index (χ1v) is 7.14. The molecule has 2 heterocycles. The van der Waals surface area contributed by atoms with Crippen LogP contribution in [-0.4, -0.2) is 43.3 Å². The van der Waals surface area contributed by atoms with Gasteiger partial charge in [0.15, 0.2) is 23.4 Å². The zero-order chi connectivity index (χ0) is 25.5. The van der Waals surface area contributed by atoms with E-state index in [0.29, 0.717) is 4.90 Å². The summed E-state index contributed by atoms with van der Waals surface area (Å²) >= 11 is 0. The first-order chi connectivity index (χ1) is 15.3. The molecule has 1 unspecified atom stereocenters. The molecule has 4 heteroatoms. The molecule has 1 aromatic carbocycles. The van der Waals surface area contributed by atoms with Gasteiger partial charge in [0, 0.05) is 34.3 Å². The van der Waals surface area contributed by atoms with E-state index in [1.54, 1.807) is 0 Å². The molecule has 4 aliphatic rings. The number of benzene rings is 1. The molecule has 1 saturated carbocycles. The van der Waals surface area contributed by atoms with Gasteiger partial charge in [0.05, 0.1) is 12.5 Å². The van der Waals surface area contributed by atoms with Crippen LogP contribution in [0.15, 0.2) is 12.1 Å². The predicted octanol–water partition coefficient (Wildman–Crippen LogP) is 1.93. The summed E-state index contributed by atoms with van der Waals surface area (Å²) in [6.45, 7) is -3.31. The molecule has 1 spiro atoms. The monoisotopic (exact) mass is 311 g/mol. The minimum atomic E-state index is -2.94. The Balaban J connectivity index is 1.90. The molecule has 2 aliphatic carbocycles. The molecule has 1 aromatic rings. The zero-order valence-corrected chi connectivity index (χ0v) is 11.5. The Bertz CT molecular complexity index is 1120. The highest BCUT2D eigenvalue weighted by atomic mass is 16.5. The van der Waals surface area contributed by atoms with Gasteiger partial charge < -0.3 is 14.4 Å². The Morgan fingerprint density at radius 1 is 1.59 bits per heavy atom. The molecule has 2 aliphatic heterocycles. The number of carbonyl (C=O) groups is 1. The SMILES string of the molecule is [2H]C([2H])([2H])Oc1ccc2c3c1OC1([2H])C(=O)C([2H])([2H])C[C@@H]4[C@@]31CCN(C([2H])([2H])[2H])[C@]4([2H])C2([2H])[2H]. The Labute approximate surface area is 147 Å². The van der Waals surface area contributed by atoms with E-state index >= 15 is 0 Å². The summed E-state index contributed by atoms with van der Waals surface area (Å²) in [6, 6.07) is -0.317. The average Bonchev–Trinajstić information content (AvgIpc) is 2.92. The number of hydrogen-bond acceptors (Lipinski definition) is 4. The van der Waals surface area contributed by atoms with Crippen LogP contribution < -0.4 is 9.47 Å². The number of Topliss-reactive ketones (excluding diaryl/α,β-unsaturated/α-hetero) is 1. The van der Waals surface area contributed by atoms with E-state index in [1.165, 1.54) is 6.07 Å². The van der Waals surface area contributed by atoms with Crippen LogP contribution in [0.3, 0.4) is 0 Å². The maximum Gasteiger partial charge on any atom is 0.174 e. The second-order valence-electron chi connectivity index (χ2n) is 5.99. The lowest BCUT2D eigenvalue weighted by molar-refractivity contribution is -0.138. The fraction of sp³-hybridized carbons (Fsp3) is 0.611. The van der Waals surface area contributed by atoms with Crippen molar-refractivity contribution in [1.29, 1.82) is 0 Å². The van der Waals surface area contributed by atoms with Gasteiger partial charge in [0.25, 0.3) is 0 Å².